The minimum atomic E-state index is -0.701. The Kier molecular flexibility index (Phi) is 12.7. The molecule has 0 saturated heterocycles. The second-order valence-electron chi connectivity index (χ2n) is 3.05. The van der Waals surface area contributed by atoms with Crippen LogP contribution in [0, 0.1) is 0 Å². The summed E-state index contributed by atoms with van der Waals surface area (Å²) in [7, 11) is 4.27. The van der Waals surface area contributed by atoms with E-state index in [9.17, 15) is 4.79 Å². The summed E-state index contributed by atoms with van der Waals surface area (Å²) in [6.07, 6.45) is 9.26. The fourth-order valence-corrected chi connectivity index (χ4v) is 2.44. The Morgan fingerprint density at radius 2 is 2.00 bits per heavy atom. The van der Waals surface area contributed by atoms with E-state index >= 15 is 0 Å². The van der Waals surface area contributed by atoms with Crippen molar-refractivity contribution in [2.75, 3.05) is 4.43 Å². The summed E-state index contributed by atoms with van der Waals surface area (Å²) < 4.78 is 6.11. The van der Waals surface area contributed by atoms with Gasteiger partial charge in [0.15, 0.2) is 0 Å². The van der Waals surface area contributed by atoms with Crippen molar-refractivity contribution in [3.8, 4) is 0 Å². The zero-order valence-corrected chi connectivity index (χ0v) is 14.1. The average Bonchev–Trinajstić information content (AvgIpc) is 2.15. The number of allylic oxidation sites excluding steroid dienone is 2. The molecule has 0 aromatic heterocycles. The van der Waals surface area contributed by atoms with Crippen LogP contribution in [-0.4, -0.2) is 10.4 Å². The van der Waals surface area contributed by atoms with E-state index in [2.05, 4.69) is 52.6 Å². The monoisotopic (exact) mass is 378 g/mol. The number of carbonyl (C=O) groups is 1. The molecular weight excluding hydrogens is 360 g/mol. The minimum absolute atomic E-state index is 0.0751. The third-order valence-corrected chi connectivity index (χ3v) is 3.27. The summed E-state index contributed by atoms with van der Waals surface area (Å²) in [5, 5.41) is 0. The Morgan fingerprint density at radius 1 is 1.27 bits per heavy atom. The van der Waals surface area contributed by atoms with Crippen molar-refractivity contribution in [2.24, 2.45) is 0 Å². The maximum atomic E-state index is 11.1. The first-order valence-electron chi connectivity index (χ1n) is 4.88. The molecule has 2 nitrogen and oxygen atoms in total. The van der Waals surface area contributed by atoms with Crippen LogP contribution < -0.4 is 0 Å². The molecule has 0 aliphatic carbocycles. The molecule has 0 radical (unpaired) electrons. The van der Waals surface area contributed by atoms with Crippen LogP contribution in [0.15, 0.2) is 12.2 Å². The summed E-state index contributed by atoms with van der Waals surface area (Å²) in [6.45, 7) is 0. The highest BCUT2D eigenvalue weighted by atomic mass is 127. The number of alkyl halides is 1. The standard InChI is InChI=1S/C9H18IO2P3/c10-8-6-4-2-1-3-5-7-9(11)12-15(13)14/h4,6H,1-3,5,7-8,13-14H2/b6-4-. The SMILES string of the molecule is O=C(CCCCC/C=C\CI)OP(P)P. The number of hydrogen-bond donors (Lipinski definition) is 0. The lowest BCUT2D eigenvalue weighted by Gasteiger charge is -2.06. The molecule has 0 saturated carbocycles. The van der Waals surface area contributed by atoms with E-state index in [1.165, 1.54) is 0 Å². The van der Waals surface area contributed by atoms with Gasteiger partial charge in [0.25, 0.3) is 0 Å². The number of carbonyl (C=O) groups excluding carboxylic acids is 1. The predicted molar refractivity (Wildman–Crippen MR) is 83.5 cm³/mol. The van der Waals surface area contributed by atoms with E-state index in [1.54, 1.807) is 0 Å². The maximum Gasteiger partial charge on any atom is 0.309 e. The zero-order chi connectivity index (χ0) is 11.5. The lowest BCUT2D eigenvalue weighted by molar-refractivity contribution is -0.133. The van der Waals surface area contributed by atoms with Gasteiger partial charge in [0.2, 0.25) is 0 Å². The molecule has 0 bridgehead atoms. The van der Waals surface area contributed by atoms with Crippen LogP contribution in [0.5, 0.6) is 0 Å². The van der Waals surface area contributed by atoms with Crippen molar-refractivity contribution < 1.29 is 9.32 Å². The van der Waals surface area contributed by atoms with E-state index in [0.717, 1.165) is 30.1 Å². The molecule has 0 rings (SSSR count). The molecule has 0 aliphatic rings. The topological polar surface area (TPSA) is 26.3 Å². The van der Waals surface area contributed by atoms with Crippen molar-refractivity contribution in [3.05, 3.63) is 12.2 Å². The van der Waals surface area contributed by atoms with E-state index in [4.69, 9.17) is 4.52 Å². The lowest BCUT2D eigenvalue weighted by Crippen LogP contribution is -1.97. The van der Waals surface area contributed by atoms with Gasteiger partial charge in [0.1, 0.15) is 7.53 Å². The van der Waals surface area contributed by atoms with Gasteiger partial charge in [-0.15, -0.1) is 0 Å². The minimum Gasteiger partial charge on any atom is -0.437 e. The van der Waals surface area contributed by atoms with Crippen LogP contribution in [0.25, 0.3) is 0 Å². The van der Waals surface area contributed by atoms with Gasteiger partial charge in [-0.3, -0.25) is 4.79 Å². The molecule has 0 aromatic carbocycles. The Balaban J connectivity index is 3.23. The molecule has 88 valence electrons. The summed E-state index contributed by atoms with van der Waals surface area (Å²) in [5.74, 6) is -0.0751. The molecule has 15 heavy (non-hydrogen) atoms. The van der Waals surface area contributed by atoms with Crippen LogP contribution in [0.4, 0.5) is 0 Å². The molecule has 2 atom stereocenters. The van der Waals surface area contributed by atoms with Crippen molar-refractivity contribution in [3.63, 3.8) is 0 Å². The number of unbranched alkanes of at least 4 members (excludes halogenated alkanes) is 3. The second-order valence-corrected chi connectivity index (χ2v) is 9.67. The fourth-order valence-electron chi connectivity index (χ4n) is 1.05. The van der Waals surface area contributed by atoms with Gasteiger partial charge in [0.05, 0.1) is 0 Å². The highest BCUT2D eigenvalue weighted by molar-refractivity contribution is 14.1. The molecule has 0 N–H and O–H groups in total. The summed E-state index contributed by atoms with van der Waals surface area (Å²) >= 11 is 2.33. The van der Waals surface area contributed by atoms with E-state index in [1.807, 2.05) is 0 Å². The molecule has 0 aromatic rings. The van der Waals surface area contributed by atoms with Gasteiger partial charge in [-0.05, 0) is 19.3 Å². The lowest BCUT2D eigenvalue weighted by atomic mass is 10.1. The van der Waals surface area contributed by atoms with Crippen LogP contribution in [0.3, 0.4) is 0 Å². The highest BCUT2D eigenvalue weighted by Crippen LogP contribution is 2.53. The Morgan fingerprint density at radius 3 is 2.60 bits per heavy atom. The van der Waals surface area contributed by atoms with Crippen LogP contribution in [0.1, 0.15) is 32.1 Å². The highest BCUT2D eigenvalue weighted by Gasteiger charge is 2.04. The molecule has 0 heterocycles. The normalized spacial score (nSPS) is 11.2. The van der Waals surface area contributed by atoms with Gasteiger partial charge in [-0.2, -0.15) is 0 Å². The molecule has 2 unspecified atom stereocenters. The van der Waals surface area contributed by atoms with E-state index in [0.29, 0.717) is 6.42 Å². The number of rotatable bonds is 8. The van der Waals surface area contributed by atoms with Gasteiger partial charge in [-0.1, -0.05) is 59.0 Å². The molecule has 0 fully saturated rings. The van der Waals surface area contributed by atoms with Gasteiger partial charge in [-0.25, -0.2) is 0 Å². The third-order valence-electron chi connectivity index (χ3n) is 1.71. The van der Waals surface area contributed by atoms with E-state index < -0.39 is 7.53 Å². The Bertz CT molecular complexity index is 198. The smallest absolute Gasteiger partial charge is 0.309 e. The first-order chi connectivity index (χ1) is 7.16. The van der Waals surface area contributed by atoms with Crippen LogP contribution in [-0.2, 0) is 9.32 Å². The third kappa shape index (κ3) is 13.2. The Labute approximate surface area is 112 Å². The van der Waals surface area contributed by atoms with Gasteiger partial charge < -0.3 is 4.52 Å². The fraction of sp³-hybridized carbons (Fsp3) is 0.667. The summed E-state index contributed by atoms with van der Waals surface area (Å²) in [6, 6.07) is 0. The van der Waals surface area contributed by atoms with Gasteiger partial charge >= 0.3 is 5.97 Å². The van der Waals surface area contributed by atoms with Crippen LogP contribution >= 0.6 is 48.0 Å². The van der Waals surface area contributed by atoms with Crippen molar-refractivity contribution in [1.82, 2.24) is 0 Å². The van der Waals surface area contributed by atoms with Gasteiger partial charge in [0, 0.05) is 10.8 Å². The second kappa shape index (κ2) is 11.7. The number of hydrogen-bond acceptors (Lipinski definition) is 2. The average molecular weight is 378 g/mol. The molecule has 0 spiro atoms. The van der Waals surface area contributed by atoms with Crippen LogP contribution in [0.2, 0.25) is 0 Å². The largest absolute Gasteiger partial charge is 0.437 e. The van der Waals surface area contributed by atoms with Crippen molar-refractivity contribution in [2.45, 2.75) is 32.1 Å². The predicted octanol–water partition coefficient (Wildman–Crippen LogP) is 4.45. The quantitative estimate of drug-likeness (QED) is 0.205. The Hall–Kier alpha value is 1.23. The summed E-state index contributed by atoms with van der Waals surface area (Å²) in [4.78, 5) is 11.1. The van der Waals surface area contributed by atoms with Crippen molar-refractivity contribution in [1.29, 1.82) is 0 Å². The maximum absolute atomic E-state index is 11.1. The molecule has 6 heteroatoms. The van der Waals surface area contributed by atoms with E-state index in [-0.39, 0.29) is 5.97 Å². The van der Waals surface area contributed by atoms with Crippen molar-refractivity contribution >= 4 is 53.9 Å². The molecular formula is C9H18IO2P3. The zero-order valence-electron chi connectivity index (χ0n) is 8.69. The number of halogens is 1. The summed E-state index contributed by atoms with van der Waals surface area (Å²) in [5.41, 5.74) is 0. The first-order valence-corrected chi connectivity index (χ1v) is 10.9. The molecule has 0 aliphatic heterocycles. The first kappa shape index (κ1) is 16.2. The molecule has 0 amide bonds.